The second kappa shape index (κ2) is 4.42. The Hall–Kier alpha value is -1.88. The minimum atomic E-state index is -1.62. The van der Waals surface area contributed by atoms with Crippen molar-refractivity contribution in [3.63, 3.8) is 0 Å². The van der Waals surface area contributed by atoms with Crippen molar-refractivity contribution in [3.05, 3.63) is 35.4 Å². The van der Waals surface area contributed by atoms with E-state index < -0.39 is 17.4 Å². The number of hydrogen-bond donors (Lipinski definition) is 2. The van der Waals surface area contributed by atoms with Crippen LogP contribution in [0.5, 0.6) is 0 Å². The molecule has 1 aliphatic heterocycles. The van der Waals surface area contributed by atoms with E-state index in [0.717, 1.165) is 11.1 Å². The van der Waals surface area contributed by atoms with E-state index in [2.05, 4.69) is 0 Å². The van der Waals surface area contributed by atoms with Crippen molar-refractivity contribution in [1.29, 1.82) is 0 Å². The minimum absolute atomic E-state index is 0.0611. The molecular weight excluding hydrogens is 234 g/mol. The molecule has 0 unspecified atom stereocenters. The lowest BCUT2D eigenvalue weighted by Gasteiger charge is -2.44. The fourth-order valence-electron chi connectivity index (χ4n) is 2.26. The standard InChI is InChI=1S/C13H15NO4/c1-9-3-2-4-10(5-9)6-14-7-13(8-14,11(15)16)12(17)18/h2-5H,6-8H2,1H3,(H,15,16)(H,17,18). The van der Waals surface area contributed by atoms with E-state index in [4.69, 9.17) is 10.2 Å². The summed E-state index contributed by atoms with van der Waals surface area (Å²) in [6.07, 6.45) is 0. The van der Waals surface area contributed by atoms with Crippen molar-refractivity contribution in [3.8, 4) is 0 Å². The maximum Gasteiger partial charge on any atom is 0.323 e. The lowest BCUT2D eigenvalue weighted by atomic mass is 9.79. The van der Waals surface area contributed by atoms with Gasteiger partial charge in [-0.1, -0.05) is 29.8 Å². The van der Waals surface area contributed by atoms with Gasteiger partial charge in [-0.3, -0.25) is 14.5 Å². The number of aliphatic carboxylic acids is 2. The van der Waals surface area contributed by atoms with Crippen molar-refractivity contribution in [2.24, 2.45) is 5.41 Å². The van der Waals surface area contributed by atoms with Gasteiger partial charge >= 0.3 is 11.9 Å². The van der Waals surface area contributed by atoms with Gasteiger partial charge in [0.25, 0.3) is 0 Å². The third kappa shape index (κ3) is 2.09. The SMILES string of the molecule is Cc1cccc(CN2CC(C(=O)O)(C(=O)O)C2)c1. The number of aryl methyl sites for hydroxylation is 1. The summed E-state index contributed by atoms with van der Waals surface area (Å²) < 4.78 is 0. The quantitative estimate of drug-likeness (QED) is 0.777. The highest BCUT2D eigenvalue weighted by molar-refractivity contribution is 6.00. The van der Waals surface area contributed by atoms with E-state index >= 15 is 0 Å². The van der Waals surface area contributed by atoms with Crippen LogP contribution < -0.4 is 0 Å². The molecule has 1 saturated heterocycles. The molecule has 5 heteroatoms. The molecule has 0 atom stereocenters. The molecule has 5 nitrogen and oxygen atoms in total. The first-order valence-electron chi connectivity index (χ1n) is 5.69. The molecule has 1 heterocycles. The topological polar surface area (TPSA) is 77.8 Å². The average molecular weight is 249 g/mol. The molecule has 0 radical (unpaired) electrons. The fourth-order valence-corrected chi connectivity index (χ4v) is 2.26. The van der Waals surface area contributed by atoms with Gasteiger partial charge in [0.2, 0.25) is 0 Å². The number of likely N-dealkylation sites (tertiary alicyclic amines) is 1. The van der Waals surface area contributed by atoms with Crippen LogP contribution in [-0.4, -0.2) is 40.1 Å². The summed E-state index contributed by atoms with van der Waals surface area (Å²) in [6.45, 7) is 2.69. The monoisotopic (exact) mass is 249 g/mol. The number of nitrogens with zero attached hydrogens (tertiary/aromatic N) is 1. The molecular formula is C13H15NO4. The molecule has 0 amide bonds. The molecule has 1 aromatic rings. The van der Waals surface area contributed by atoms with Crippen LogP contribution in [0.15, 0.2) is 24.3 Å². The molecule has 0 aromatic heterocycles. The van der Waals surface area contributed by atoms with Crippen molar-refractivity contribution < 1.29 is 19.8 Å². The number of carboxylic acids is 2. The summed E-state index contributed by atoms with van der Waals surface area (Å²) >= 11 is 0. The Morgan fingerprint density at radius 1 is 1.28 bits per heavy atom. The van der Waals surface area contributed by atoms with Crippen LogP contribution in [0.2, 0.25) is 0 Å². The zero-order chi connectivity index (χ0) is 13.3. The summed E-state index contributed by atoms with van der Waals surface area (Å²) in [5.74, 6) is -2.51. The smallest absolute Gasteiger partial charge is 0.323 e. The van der Waals surface area contributed by atoms with Crippen LogP contribution in [0.3, 0.4) is 0 Å². The van der Waals surface area contributed by atoms with Crippen LogP contribution in [0.25, 0.3) is 0 Å². The molecule has 18 heavy (non-hydrogen) atoms. The molecule has 96 valence electrons. The van der Waals surface area contributed by atoms with Gasteiger partial charge < -0.3 is 10.2 Å². The molecule has 0 saturated carbocycles. The summed E-state index contributed by atoms with van der Waals surface area (Å²) in [4.78, 5) is 23.8. The molecule has 1 aromatic carbocycles. The molecule has 1 fully saturated rings. The second-order valence-electron chi connectivity index (χ2n) is 4.83. The van der Waals surface area contributed by atoms with Crippen LogP contribution in [0, 0.1) is 12.3 Å². The Morgan fingerprint density at radius 2 is 1.89 bits per heavy atom. The first-order chi connectivity index (χ1) is 8.44. The summed E-state index contributed by atoms with van der Waals surface area (Å²) in [7, 11) is 0. The van der Waals surface area contributed by atoms with Gasteiger partial charge in [-0.15, -0.1) is 0 Å². The normalized spacial score (nSPS) is 18.1. The number of hydrogen-bond acceptors (Lipinski definition) is 3. The number of rotatable bonds is 4. The molecule has 0 spiro atoms. The summed E-state index contributed by atoms with van der Waals surface area (Å²) in [5, 5.41) is 17.9. The van der Waals surface area contributed by atoms with Crippen molar-refractivity contribution in [1.82, 2.24) is 4.90 Å². The fraction of sp³-hybridized carbons (Fsp3) is 0.385. The Kier molecular flexibility index (Phi) is 3.09. The Bertz CT molecular complexity index is 476. The van der Waals surface area contributed by atoms with E-state index in [0.29, 0.717) is 6.54 Å². The molecule has 0 bridgehead atoms. The third-order valence-corrected chi connectivity index (χ3v) is 3.29. The number of carbonyl (C=O) groups is 2. The van der Waals surface area contributed by atoms with Crippen LogP contribution in [0.4, 0.5) is 0 Å². The largest absolute Gasteiger partial charge is 0.480 e. The molecule has 2 rings (SSSR count). The Balaban J connectivity index is 2.01. The van der Waals surface area contributed by atoms with Gasteiger partial charge in [-0.25, -0.2) is 0 Å². The first kappa shape index (κ1) is 12.6. The van der Waals surface area contributed by atoms with Crippen molar-refractivity contribution >= 4 is 11.9 Å². The van der Waals surface area contributed by atoms with Gasteiger partial charge in [0.05, 0.1) is 0 Å². The van der Waals surface area contributed by atoms with E-state index in [9.17, 15) is 9.59 Å². The first-order valence-corrected chi connectivity index (χ1v) is 5.69. The van der Waals surface area contributed by atoms with Gasteiger partial charge in [0.15, 0.2) is 5.41 Å². The van der Waals surface area contributed by atoms with Gasteiger partial charge in [0, 0.05) is 19.6 Å². The van der Waals surface area contributed by atoms with E-state index in [-0.39, 0.29) is 13.1 Å². The number of carboxylic acid groups (broad SMARTS) is 2. The second-order valence-corrected chi connectivity index (χ2v) is 4.83. The zero-order valence-electron chi connectivity index (χ0n) is 10.1. The lowest BCUT2D eigenvalue weighted by molar-refractivity contribution is -0.178. The third-order valence-electron chi connectivity index (χ3n) is 3.29. The summed E-state index contributed by atoms with van der Waals surface area (Å²) in [6, 6.07) is 7.89. The molecule has 2 N–H and O–H groups in total. The van der Waals surface area contributed by atoms with Gasteiger partial charge in [-0.05, 0) is 12.5 Å². The predicted octanol–water partition coefficient (Wildman–Crippen LogP) is 0.966. The van der Waals surface area contributed by atoms with Crippen molar-refractivity contribution in [2.75, 3.05) is 13.1 Å². The summed E-state index contributed by atoms with van der Waals surface area (Å²) in [5.41, 5.74) is 0.583. The van der Waals surface area contributed by atoms with E-state index in [1.165, 1.54) is 0 Å². The number of benzene rings is 1. The molecule has 1 aliphatic rings. The van der Waals surface area contributed by atoms with Crippen molar-refractivity contribution in [2.45, 2.75) is 13.5 Å². The van der Waals surface area contributed by atoms with Gasteiger partial charge in [-0.2, -0.15) is 0 Å². The van der Waals surface area contributed by atoms with E-state index in [1.54, 1.807) is 0 Å². The predicted molar refractivity (Wildman–Crippen MR) is 64.2 cm³/mol. The highest BCUT2D eigenvalue weighted by atomic mass is 16.4. The van der Waals surface area contributed by atoms with Gasteiger partial charge in [0.1, 0.15) is 0 Å². The maximum atomic E-state index is 11.0. The minimum Gasteiger partial charge on any atom is -0.480 e. The van der Waals surface area contributed by atoms with E-state index in [1.807, 2.05) is 36.1 Å². The van der Waals surface area contributed by atoms with Crippen LogP contribution in [-0.2, 0) is 16.1 Å². The van der Waals surface area contributed by atoms with Crippen LogP contribution in [0.1, 0.15) is 11.1 Å². The van der Waals surface area contributed by atoms with Crippen LogP contribution >= 0.6 is 0 Å². The highest BCUT2D eigenvalue weighted by Crippen LogP contribution is 2.32. The Labute approximate surface area is 105 Å². The lowest BCUT2D eigenvalue weighted by Crippen LogP contribution is -2.63. The Morgan fingerprint density at radius 3 is 2.39 bits per heavy atom. The highest BCUT2D eigenvalue weighted by Gasteiger charge is 2.56. The molecule has 0 aliphatic carbocycles. The maximum absolute atomic E-state index is 11.0. The average Bonchev–Trinajstić information content (AvgIpc) is 2.21. The zero-order valence-corrected chi connectivity index (χ0v) is 10.1.